The maximum atomic E-state index is 12.9. The fraction of sp³-hybridized carbons (Fsp3) is 0.500. The van der Waals surface area contributed by atoms with Crippen LogP contribution in [0, 0.1) is 0 Å². The minimum atomic E-state index is -0.166. The van der Waals surface area contributed by atoms with Crippen LogP contribution < -0.4 is 15.5 Å². The predicted octanol–water partition coefficient (Wildman–Crippen LogP) is 3.68. The number of ether oxygens (including phenoxy) is 1. The summed E-state index contributed by atoms with van der Waals surface area (Å²) in [4.78, 5) is 17.6. The lowest BCUT2D eigenvalue weighted by atomic mass is 10.1. The number of nitrogens with one attached hydrogen (secondary N) is 2. The molecule has 0 aromatic heterocycles. The number of carbonyl (C=O) groups excluding carboxylic acids is 1. The van der Waals surface area contributed by atoms with E-state index in [4.69, 9.17) is 16.3 Å². The van der Waals surface area contributed by atoms with E-state index in [2.05, 4.69) is 64.6 Å². The number of hydrogen-bond acceptors (Lipinski definition) is 5. The molecule has 7 heteroatoms. The minimum absolute atomic E-state index is 0.0684. The van der Waals surface area contributed by atoms with Crippen LogP contribution in [0.4, 0.5) is 5.69 Å². The molecular weight excluding hydrogens is 436 g/mol. The largest absolute Gasteiger partial charge is 0.383 e. The molecule has 1 fully saturated rings. The zero-order chi connectivity index (χ0) is 23.6. The fourth-order valence-corrected chi connectivity index (χ4v) is 4.65. The Balaban J connectivity index is 1.65. The van der Waals surface area contributed by atoms with Crippen LogP contribution in [0.1, 0.15) is 31.4 Å². The molecule has 2 atom stereocenters. The van der Waals surface area contributed by atoms with E-state index in [9.17, 15) is 4.79 Å². The molecule has 2 N–H and O–H groups in total. The molecule has 0 aliphatic carbocycles. The molecule has 1 aliphatic heterocycles. The molecule has 3 rings (SSSR count). The Hall–Kier alpha value is -2.12. The highest BCUT2D eigenvalue weighted by Gasteiger charge is 2.36. The topological polar surface area (TPSA) is 56.8 Å². The molecule has 33 heavy (non-hydrogen) atoms. The van der Waals surface area contributed by atoms with E-state index in [0.29, 0.717) is 13.2 Å². The van der Waals surface area contributed by atoms with E-state index >= 15 is 0 Å². The van der Waals surface area contributed by atoms with Crippen molar-refractivity contribution in [1.82, 2.24) is 15.5 Å². The van der Waals surface area contributed by atoms with Crippen molar-refractivity contribution in [2.24, 2.45) is 0 Å². The van der Waals surface area contributed by atoms with Gasteiger partial charge in [0.1, 0.15) is 0 Å². The van der Waals surface area contributed by atoms with Gasteiger partial charge in [-0.2, -0.15) is 0 Å². The summed E-state index contributed by atoms with van der Waals surface area (Å²) < 4.78 is 5.09. The summed E-state index contributed by atoms with van der Waals surface area (Å²) in [5.74, 6) is 0.0684. The van der Waals surface area contributed by atoms with Gasteiger partial charge in [0.05, 0.1) is 12.6 Å². The number of hydrogen-bond donors (Lipinski definition) is 2. The van der Waals surface area contributed by atoms with Crippen molar-refractivity contribution in [3.8, 4) is 0 Å². The maximum absolute atomic E-state index is 12.9. The van der Waals surface area contributed by atoms with Crippen LogP contribution in [0.5, 0.6) is 0 Å². The molecule has 1 amide bonds. The van der Waals surface area contributed by atoms with Gasteiger partial charge >= 0.3 is 0 Å². The summed E-state index contributed by atoms with van der Waals surface area (Å²) in [6.07, 6.45) is 0.775. The van der Waals surface area contributed by atoms with E-state index in [1.54, 1.807) is 7.11 Å². The van der Waals surface area contributed by atoms with Crippen molar-refractivity contribution >= 4 is 23.2 Å². The standard InChI is InChI=1S/C26H37ClN4O2/c1-4-30(5-2)24-11-9-20(10-12-24)18-31-19-23(16-25(31)26(32)28-13-14-33-3)29-17-21-7-6-8-22(27)15-21/h6-12,15,23,25,29H,4-5,13-14,16-19H2,1-3H3,(H,28,32)/t23-,25-/m0/s1. The molecule has 0 spiro atoms. The molecular formula is C26H37ClN4O2. The Morgan fingerprint density at radius 2 is 1.91 bits per heavy atom. The number of nitrogens with zero attached hydrogens (tertiary/aromatic N) is 2. The van der Waals surface area contributed by atoms with Gasteiger partial charge in [0, 0.05) is 63.1 Å². The van der Waals surface area contributed by atoms with Gasteiger partial charge in [0.2, 0.25) is 5.91 Å². The van der Waals surface area contributed by atoms with Gasteiger partial charge in [0.25, 0.3) is 0 Å². The Labute approximate surface area is 203 Å². The van der Waals surface area contributed by atoms with Crippen LogP contribution in [0.25, 0.3) is 0 Å². The maximum Gasteiger partial charge on any atom is 0.237 e. The molecule has 1 heterocycles. The lowest BCUT2D eigenvalue weighted by Gasteiger charge is -2.25. The van der Waals surface area contributed by atoms with Gasteiger partial charge in [-0.3, -0.25) is 9.69 Å². The van der Waals surface area contributed by atoms with E-state index in [-0.39, 0.29) is 18.0 Å². The van der Waals surface area contributed by atoms with Gasteiger partial charge in [-0.05, 0) is 55.7 Å². The summed E-state index contributed by atoms with van der Waals surface area (Å²) in [7, 11) is 1.64. The second-order valence-corrected chi connectivity index (χ2v) is 8.95. The zero-order valence-corrected chi connectivity index (χ0v) is 20.8. The smallest absolute Gasteiger partial charge is 0.237 e. The van der Waals surface area contributed by atoms with Crippen LogP contribution in [-0.4, -0.2) is 62.8 Å². The number of benzene rings is 2. The number of likely N-dealkylation sites (tertiary alicyclic amines) is 1. The number of anilines is 1. The van der Waals surface area contributed by atoms with Crippen LogP contribution in [-0.2, 0) is 22.6 Å². The molecule has 2 aromatic carbocycles. The molecule has 0 bridgehead atoms. The van der Waals surface area contributed by atoms with Crippen molar-refractivity contribution in [2.75, 3.05) is 44.8 Å². The summed E-state index contributed by atoms with van der Waals surface area (Å²) in [6, 6.07) is 16.7. The van der Waals surface area contributed by atoms with Crippen LogP contribution in [0.15, 0.2) is 48.5 Å². The highest BCUT2D eigenvalue weighted by molar-refractivity contribution is 6.30. The first kappa shape index (κ1) is 25.5. The Morgan fingerprint density at radius 1 is 1.15 bits per heavy atom. The molecule has 0 saturated carbocycles. The summed E-state index contributed by atoms with van der Waals surface area (Å²) in [6.45, 7) is 9.67. The Bertz CT molecular complexity index is 873. The third kappa shape index (κ3) is 7.44. The first-order chi connectivity index (χ1) is 16.0. The van der Waals surface area contributed by atoms with E-state index < -0.39 is 0 Å². The molecule has 0 unspecified atom stereocenters. The average molecular weight is 473 g/mol. The molecule has 2 aromatic rings. The number of carbonyl (C=O) groups is 1. The third-order valence-corrected chi connectivity index (χ3v) is 6.48. The summed E-state index contributed by atoms with van der Waals surface area (Å²) in [5.41, 5.74) is 3.60. The van der Waals surface area contributed by atoms with Crippen molar-refractivity contribution in [1.29, 1.82) is 0 Å². The van der Waals surface area contributed by atoms with Crippen LogP contribution >= 0.6 is 11.6 Å². The molecule has 180 valence electrons. The first-order valence-electron chi connectivity index (χ1n) is 11.9. The number of halogens is 1. The number of rotatable bonds is 12. The summed E-state index contributed by atoms with van der Waals surface area (Å²) in [5, 5.41) is 7.39. The number of amides is 1. The van der Waals surface area contributed by atoms with Crippen molar-refractivity contribution in [3.05, 3.63) is 64.7 Å². The second-order valence-electron chi connectivity index (χ2n) is 8.51. The van der Waals surface area contributed by atoms with E-state index in [1.165, 1.54) is 11.3 Å². The SMILES string of the molecule is CCN(CC)c1ccc(CN2C[C@@H](NCc3cccc(Cl)c3)C[C@H]2C(=O)NCCOC)cc1. The van der Waals surface area contributed by atoms with E-state index in [0.717, 1.165) is 49.7 Å². The quantitative estimate of drug-likeness (QED) is 0.461. The monoisotopic (exact) mass is 472 g/mol. The average Bonchev–Trinajstić information content (AvgIpc) is 3.22. The van der Waals surface area contributed by atoms with Gasteiger partial charge in [-0.1, -0.05) is 35.9 Å². The van der Waals surface area contributed by atoms with Gasteiger partial charge in [-0.15, -0.1) is 0 Å². The molecule has 1 saturated heterocycles. The van der Waals surface area contributed by atoms with Crippen molar-refractivity contribution in [2.45, 2.75) is 45.4 Å². The van der Waals surface area contributed by atoms with Crippen molar-refractivity contribution < 1.29 is 9.53 Å². The van der Waals surface area contributed by atoms with Crippen molar-refractivity contribution in [3.63, 3.8) is 0 Å². The third-order valence-electron chi connectivity index (χ3n) is 6.25. The normalized spacial score (nSPS) is 18.4. The highest BCUT2D eigenvalue weighted by Crippen LogP contribution is 2.23. The van der Waals surface area contributed by atoms with Gasteiger partial charge < -0.3 is 20.3 Å². The molecule has 6 nitrogen and oxygen atoms in total. The first-order valence-corrected chi connectivity index (χ1v) is 12.2. The Morgan fingerprint density at radius 3 is 2.58 bits per heavy atom. The zero-order valence-electron chi connectivity index (χ0n) is 20.0. The molecule has 1 aliphatic rings. The van der Waals surface area contributed by atoms with E-state index in [1.807, 2.05) is 18.2 Å². The van der Waals surface area contributed by atoms with Crippen LogP contribution in [0.3, 0.4) is 0 Å². The predicted molar refractivity (Wildman–Crippen MR) is 136 cm³/mol. The highest BCUT2D eigenvalue weighted by atomic mass is 35.5. The van der Waals surface area contributed by atoms with Crippen LogP contribution in [0.2, 0.25) is 5.02 Å². The second kappa shape index (κ2) is 12.9. The fourth-order valence-electron chi connectivity index (χ4n) is 4.44. The lowest BCUT2D eigenvalue weighted by Crippen LogP contribution is -2.43. The van der Waals surface area contributed by atoms with Gasteiger partial charge in [0.15, 0.2) is 0 Å². The summed E-state index contributed by atoms with van der Waals surface area (Å²) >= 11 is 6.13. The Kier molecular flexibility index (Phi) is 10.0. The number of methoxy groups -OCH3 is 1. The lowest BCUT2D eigenvalue weighted by molar-refractivity contribution is -0.125. The van der Waals surface area contributed by atoms with Gasteiger partial charge in [-0.25, -0.2) is 0 Å². The molecule has 0 radical (unpaired) electrons. The minimum Gasteiger partial charge on any atom is -0.383 e.